The molecule has 0 saturated carbocycles. The van der Waals surface area contributed by atoms with Crippen LogP contribution in [0.4, 0.5) is 0 Å². The first-order valence-corrected chi connectivity index (χ1v) is 6.02. The largest absolute Gasteiger partial charge is 0.389 e. The molecule has 0 aromatic heterocycles. The van der Waals surface area contributed by atoms with Crippen LogP contribution in [0.2, 0.25) is 0 Å². The molecule has 0 aromatic rings. The van der Waals surface area contributed by atoms with E-state index in [1.165, 1.54) is 6.08 Å². The van der Waals surface area contributed by atoms with Crippen LogP contribution in [0, 0.1) is 0 Å². The monoisotopic (exact) mass is 221 g/mol. The summed E-state index contributed by atoms with van der Waals surface area (Å²) >= 11 is 0. The first-order valence-electron chi connectivity index (χ1n) is 4.37. The molecule has 84 valence electrons. The van der Waals surface area contributed by atoms with Gasteiger partial charge < -0.3 is 5.11 Å². The van der Waals surface area contributed by atoms with Gasteiger partial charge in [0.2, 0.25) is 10.0 Å². The van der Waals surface area contributed by atoms with Crippen molar-refractivity contribution in [3.05, 3.63) is 12.7 Å². The van der Waals surface area contributed by atoms with Crippen molar-refractivity contribution in [2.75, 3.05) is 5.75 Å². The lowest BCUT2D eigenvalue weighted by atomic mass is 9.87. The fourth-order valence-corrected chi connectivity index (χ4v) is 2.13. The zero-order chi connectivity index (χ0) is 11.6. The topological polar surface area (TPSA) is 66.4 Å². The lowest BCUT2D eigenvalue weighted by molar-refractivity contribution is 0.00643. The van der Waals surface area contributed by atoms with E-state index < -0.39 is 21.2 Å². The Hall–Kier alpha value is -0.390. The summed E-state index contributed by atoms with van der Waals surface area (Å²) in [6, 6.07) is 0. The van der Waals surface area contributed by atoms with Crippen LogP contribution in [0.1, 0.15) is 27.7 Å². The van der Waals surface area contributed by atoms with Gasteiger partial charge in [-0.05, 0) is 27.7 Å². The molecular weight excluding hydrogens is 202 g/mol. The lowest BCUT2D eigenvalue weighted by Gasteiger charge is -2.37. The number of nitrogens with one attached hydrogen (secondary N) is 1. The van der Waals surface area contributed by atoms with Crippen molar-refractivity contribution in [1.82, 2.24) is 4.72 Å². The molecule has 0 amide bonds. The van der Waals surface area contributed by atoms with Crippen LogP contribution in [-0.2, 0) is 10.0 Å². The number of rotatable bonds is 5. The van der Waals surface area contributed by atoms with Gasteiger partial charge in [-0.15, -0.1) is 6.58 Å². The quantitative estimate of drug-likeness (QED) is 0.670. The summed E-state index contributed by atoms with van der Waals surface area (Å²) in [6.07, 6.45) is 1.31. The van der Waals surface area contributed by atoms with Gasteiger partial charge in [-0.2, -0.15) is 0 Å². The van der Waals surface area contributed by atoms with Gasteiger partial charge in [0.1, 0.15) is 0 Å². The molecule has 0 aliphatic heterocycles. The molecule has 5 heteroatoms. The van der Waals surface area contributed by atoms with Crippen molar-refractivity contribution >= 4 is 10.0 Å². The van der Waals surface area contributed by atoms with Gasteiger partial charge >= 0.3 is 0 Å². The van der Waals surface area contributed by atoms with Gasteiger partial charge in [0.25, 0.3) is 0 Å². The molecule has 0 saturated heterocycles. The molecule has 0 spiro atoms. The standard InChI is InChI=1S/C9H19NO3S/c1-6-7-14(12,13)10-8(2,3)9(4,5)11/h6,10-11H,1,7H2,2-5H3. The van der Waals surface area contributed by atoms with E-state index in [4.69, 9.17) is 0 Å². The minimum absolute atomic E-state index is 0.146. The van der Waals surface area contributed by atoms with Gasteiger partial charge in [0, 0.05) is 0 Å². The van der Waals surface area contributed by atoms with Crippen LogP contribution in [-0.4, -0.2) is 30.4 Å². The van der Waals surface area contributed by atoms with Crippen molar-refractivity contribution in [3.8, 4) is 0 Å². The Morgan fingerprint density at radius 3 is 2.07 bits per heavy atom. The molecular formula is C9H19NO3S. The average Bonchev–Trinajstić information content (AvgIpc) is 1.80. The highest BCUT2D eigenvalue weighted by atomic mass is 32.2. The average molecular weight is 221 g/mol. The number of hydrogen-bond acceptors (Lipinski definition) is 3. The molecule has 14 heavy (non-hydrogen) atoms. The normalized spacial score (nSPS) is 14.1. The van der Waals surface area contributed by atoms with Crippen molar-refractivity contribution in [1.29, 1.82) is 0 Å². The maximum Gasteiger partial charge on any atom is 0.215 e. The minimum atomic E-state index is -3.40. The highest BCUT2D eigenvalue weighted by molar-refractivity contribution is 7.89. The van der Waals surface area contributed by atoms with E-state index in [0.717, 1.165) is 0 Å². The molecule has 0 rings (SSSR count). The Bertz CT molecular complexity index is 299. The Balaban J connectivity index is 4.76. The van der Waals surface area contributed by atoms with E-state index in [1.54, 1.807) is 27.7 Å². The van der Waals surface area contributed by atoms with Crippen LogP contribution in [0.5, 0.6) is 0 Å². The molecule has 0 aromatic carbocycles. The van der Waals surface area contributed by atoms with Crippen molar-refractivity contribution < 1.29 is 13.5 Å². The first-order chi connectivity index (χ1) is 6.02. The molecule has 0 aliphatic rings. The zero-order valence-electron chi connectivity index (χ0n) is 9.16. The fraction of sp³-hybridized carbons (Fsp3) is 0.778. The summed E-state index contributed by atoms with van der Waals surface area (Å²) in [4.78, 5) is 0. The van der Waals surface area contributed by atoms with Crippen molar-refractivity contribution in [2.45, 2.75) is 38.8 Å². The maximum absolute atomic E-state index is 11.4. The van der Waals surface area contributed by atoms with Crippen LogP contribution in [0.25, 0.3) is 0 Å². The van der Waals surface area contributed by atoms with Gasteiger partial charge in [0.15, 0.2) is 0 Å². The Labute approximate surface area is 86.1 Å². The third-order valence-electron chi connectivity index (χ3n) is 2.28. The summed E-state index contributed by atoms with van der Waals surface area (Å²) < 4.78 is 25.2. The molecule has 4 nitrogen and oxygen atoms in total. The third kappa shape index (κ3) is 3.77. The Kier molecular flexibility index (Phi) is 3.89. The highest BCUT2D eigenvalue weighted by Gasteiger charge is 2.37. The second-order valence-corrected chi connectivity index (χ2v) is 6.12. The summed E-state index contributed by atoms with van der Waals surface area (Å²) in [5.41, 5.74) is -2.03. The van der Waals surface area contributed by atoms with Crippen molar-refractivity contribution in [2.24, 2.45) is 0 Å². The van der Waals surface area contributed by atoms with Gasteiger partial charge in [0.05, 0.1) is 16.9 Å². The van der Waals surface area contributed by atoms with Crippen LogP contribution in [0.3, 0.4) is 0 Å². The molecule has 0 fully saturated rings. The Morgan fingerprint density at radius 1 is 1.36 bits per heavy atom. The maximum atomic E-state index is 11.4. The summed E-state index contributed by atoms with van der Waals surface area (Å²) in [5.74, 6) is -0.146. The predicted octanol–water partition coefficient (Wildman–Crippen LogP) is 0.641. The zero-order valence-corrected chi connectivity index (χ0v) is 9.98. The van der Waals surface area contributed by atoms with Crippen LogP contribution < -0.4 is 4.72 Å². The number of hydrogen-bond donors (Lipinski definition) is 2. The second-order valence-electron chi connectivity index (χ2n) is 4.36. The molecule has 0 atom stereocenters. The van der Waals surface area contributed by atoms with Gasteiger partial charge in [-0.1, -0.05) is 6.08 Å². The SMILES string of the molecule is C=CCS(=O)(=O)NC(C)(C)C(C)(C)O. The van der Waals surface area contributed by atoms with E-state index in [-0.39, 0.29) is 5.75 Å². The highest BCUT2D eigenvalue weighted by Crippen LogP contribution is 2.21. The minimum Gasteiger partial charge on any atom is -0.389 e. The fourth-order valence-electron chi connectivity index (χ4n) is 0.710. The van der Waals surface area contributed by atoms with E-state index in [1.807, 2.05) is 0 Å². The van der Waals surface area contributed by atoms with Gasteiger partial charge in [-0.3, -0.25) is 0 Å². The first kappa shape index (κ1) is 13.6. The number of sulfonamides is 1. The van der Waals surface area contributed by atoms with Crippen LogP contribution >= 0.6 is 0 Å². The molecule has 0 unspecified atom stereocenters. The summed E-state index contributed by atoms with van der Waals surface area (Å²) in [7, 11) is -3.40. The van der Waals surface area contributed by atoms with E-state index in [2.05, 4.69) is 11.3 Å². The van der Waals surface area contributed by atoms with Crippen LogP contribution in [0.15, 0.2) is 12.7 Å². The predicted molar refractivity (Wildman–Crippen MR) is 57.5 cm³/mol. The third-order valence-corrected chi connectivity index (χ3v) is 3.77. The number of aliphatic hydroxyl groups is 1. The smallest absolute Gasteiger partial charge is 0.215 e. The molecule has 0 bridgehead atoms. The summed E-state index contributed by atoms with van der Waals surface area (Å²) in [5, 5.41) is 9.72. The Morgan fingerprint density at radius 2 is 1.79 bits per heavy atom. The van der Waals surface area contributed by atoms with E-state index >= 15 is 0 Å². The second kappa shape index (κ2) is 4.00. The van der Waals surface area contributed by atoms with E-state index in [0.29, 0.717) is 0 Å². The molecule has 0 radical (unpaired) electrons. The molecule has 2 N–H and O–H groups in total. The summed E-state index contributed by atoms with van der Waals surface area (Å²) in [6.45, 7) is 9.74. The van der Waals surface area contributed by atoms with Gasteiger partial charge in [-0.25, -0.2) is 13.1 Å². The lowest BCUT2D eigenvalue weighted by Crippen LogP contribution is -2.57. The molecule has 0 heterocycles. The molecule has 0 aliphatic carbocycles. The van der Waals surface area contributed by atoms with E-state index in [9.17, 15) is 13.5 Å². The van der Waals surface area contributed by atoms with Crippen molar-refractivity contribution in [3.63, 3.8) is 0 Å².